The molecule has 1 aromatic carbocycles. The number of ether oxygens (including phenoxy) is 2. The van der Waals surface area contributed by atoms with Crippen LogP contribution in [0.3, 0.4) is 0 Å². The lowest BCUT2D eigenvalue weighted by molar-refractivity contribution is -0.115. The van der Waals surface area contributed by atoms with Crippen molar-refractivity contribution in [2.75, 3.05) is 19.5 Å². The number of anilines is 1. The van der Waals surface area contributed by atoms with Crippen molar-refractivity contribution in [2.45, 2.75) is 40.7 Å². The highest BCUT2D eigenvalue weighted by molar-refractivity contribution is 7.14. The Morgan fingerprint density at radius 2 is 2.00 bits per heavy atom. The molecule has 0 atom stereocenters. The van der Waals surface area contributed by atoms with Crippen LogP contribution >= 0.6 is 11.3 Å². The summed E-state index contributed by atoms with van der Waals surface area (Å²) in [5.74, 6) is 1.80. The maximum atomic E-state index is 12.7. The van der Waals surface area contributed by atoms with Crippen LogP contribution in [0.1, 0.15) is 30.8 Å². The van der Waals surface area contributed by atoms with Crippen LogP contribution in [-0.4, -0.2) is 34.9 Å². The zero-order valence-corrected chi connectivity index (χ0v) is 19.1. The van der Waals surface area contributed by atoms with Gasteiger partial charge >= 0.3 is 0 Å². The van der Waals surface area contributed by atoms with Crippen molar-refractivity contribution >= 4 is 22.4 Å². The Balaban J connectivity index is 1.74. The summed E-state index contributed by atoms with van der Waals surface area (Å²) in [6.45, 7) is 9.11. The van der Waals surface area contributed by atoms with Crippen LogP contribution in [0.2, 0.25) is 0 Å². The minimum atomic E-state index is -0.108. The molecule has 0 saturated carbocycles. The second-order valence-corrected chi connectivity index (χ2v) is 8.41. The number of thiazole rings is 1. The van der Waals surface area contributed by atoms with Gasteiger partial charge in [0.15, 0.2) is 5.13 Å². The molecule has 160 valence electrons. The van der Waals surface area contributed by atoms with E-state index in [1.165, 1.54) is 11.3 Å². The van der Waals surface area contributed by atoms with Gasteiger partial charge in [0.05, 0.1) is 32.0 Å². The largest absolute Gasteiger partial charge is 0.497 e. The number of methoxy groups -OCH3 is 2. The average molecular weight is 429 g/mol. The van der Waals surface area contributed by atoms with Crippen molar-refractivity contribution in [3.8, 4) is 22.8 Å². The summed E-state index contributed by atoms with van der Waals surface area (Å²) in [7, 11) is 3.23. The molecule has 1 amide bonds. The molecule has 0 bridgehead atoms. The Labute approximate surface area is 181 Å². The van der Waals surface area contributed by atoms with Gasteiger partial charge in [-0.05, 0) is 38.0 Å². The topological polar surface area (TPSA) is 78.3 Å². The number of nitrogens with one attached hydrogen (secondary N) is 1. The SMILES string of the molecule is COc1ccc(OC)c(-c2csc(NC(=O)Cc3c(C)nn(CC(C)C)c3C)n2)c1. The molecule has 1 N–H and O–H groups in total. The minimum absolute atomic E-state index is 0.108. The van der Waals surface area contributed by atoms with Crippen molar-refractivity contribution in [1.29, 1.82) is 0 Å². The zero-order valence-electron chi connectivity index (χ0n) is 18.3. The molecular weight excluding hydrogens is 400 g/mol. The fourth-order valence-electron chi connectivity index (χ4n) is 3.31. The van der Waals surface area contributed by atoms with Gasteiger partial charge in [0.25, 0.3) is 0 Å². The first-order chi connectivity index (χ1) is 14.3. The molecule has 7 nitrogen and oxygen atoms in total. The van der Waals surface area contributed by atoms with Crippen LogP contribution in [0.25, 0.3) is 11.3 Å². The number of carbonyl (C=O) groups is 1. The first-order valence-corrected chi connectivity index (χ1v) is 10.7. The van der Waals surface area contributed by atoms with Gasteiger partial charge in [-0.25, -0.2) is 4.98 Å². The van der Waals surface area contributed by atoms with Crippen LogP contribution in [0.4, 0.5) is 5.13 Å². The molecular formula is C22H28N4O3S. The van der Waals surface area contributed by atoms with Crippen molar-refractivity contribution in [1.82, 2.24) is 14.8 Å². The molecule has 30 heavy (non-hydrogen) atoms. The van der Waals surface area contributed by atoms with Crippen molar-refractivity contribution in [3.63, 3.8) is 0 Å². The Morgan fingerprint density at radius 3 is 2.67 bits per heavy atom. The number of nitrogens with zero attached hydrogens (tertiary/aromatic N) is 3. The molecule has 0 spiro atoms. The monoisotopic (exact) mass is 428 g/mol. The van der Waals surface area contributed by atoms with Gasteiger partial charge in [-0.15, -0.1) is 11.3 Å². The number of rotatable bonds is 8. The standard InChI is InChI=1S/C22H28N4O3S/c1-13(2)11-26-15(4)17(14(3)25-26)10-21(27)24-22-23-19(12-30-22)18-9-16(28-5)7-8-20(18)29-6/h7-9,12-13H,10-11H2,1-6H3,(H,23,24,27). The Bertz CT molecular complexity index is 1040. The van der Waals surface area contributed by atoms with E-state index in [2.05, 4.69) is 29.2 Å². The van der Waals surface area contributed by atoms with Gasteiger partial charge in [-0.1, -0.05) is 13.8 Å². The van der Waals surface area contributed by atoms with Crippen molar-refractivity contribution < 1.29 is 14.3 Å². The van der Waals surface area contributed by atoms with Gasteiger partial charge in [0.2, 0.25) is 5.91 Å². The normalized spacial score (nSPS) is 11.0. The minimum Gasteiger partial charge on any atom is -0.497 e. The number of hydrogen-bond acceptors (Lipinski definition) is 6. The number of carbonyl (C=O) groups excluding carboxylic acids is 1. The highest BCUT2D eigenvalue weighted by atomic mass is 32.1. The van der Waals surface area contributed by atoms with Crippen LogP contribution in [-0.2, 0) is 17.8 Å². The Hall–Kier alpha value is -2.87. The average Bonchev–Trinajstić information content (AvgIpc) is 3.27. The van der Waals surface area contributed by atoms with E-state index < -0.39 is 0 Å². The summed E-state index contributed by atoms with van der Waals surface area (Å²) >= 11 is 1.38. The van der Waals surface area contributed by atoms with E-state index in [9.17, 15) is 4.79 Å². The lowest BCUT2D eigenvalue weighted by atomic mass is 10.1. The van der Waals surface area contributed by atoms with E-state index in [1.54, 1.807) is 14.2 Å². The third kappa shape index (κ3) is 4.81. The lowest BCUT2D eigenvalue weighted by Gasteiger charge is -2.08. The van der Waals surface area contributed by atoms with E-state index in [4.69, 9.17) is 9.47 Å². The number of amides is 1. The first kappa shape index (κ1) is 21.8. The molecule has 0 aliphatic heterocycles. The molecule has 3 rings (SSSR count). The number of hydrogen-bond donors (Lipinski definition) is 1. The van der Waals surface area contributed by atoms with E-state index in [-0.39, 0.29) is 12.3 Å². The molecule has 0 fully saturated rings. The van der Waals surface area contributed by atoms with Gasteiger partial charge in [0.1, 0.15) is 11.5 Å². The number of aromatic nitrogens is 3. The van der Waals surface area contributed by atoms with Crippen LogP contribution in [0.15, 0.2) is 23.6 Å². The molecule has 0 unspecified atom stereocenters. The van der Waals surface area contributed by atoms with Gasteiger partial charge in [0, 0.05) is 28.7 Å². The molecule has 2 aromatic heterocycles. The van der Waals surface area contributed by atoms with Crippen LogP contribution in [0, 0.1) is 19.8 Å². The molecule has 0 aliphatic carbocycles. The van der Waals surface area contributed by atoms with E-state index >= 15 is 0 Å². The smallest absolute Gasteiger partial charge is 0.230 e. The quantitative estimate of drug-likeness (QED) is 0.572. The second kappa shape index (κ2) is 9.30. The van der Waals surface area contributed by atoms with Gasteiger partial charge in [-0.2, -0.15) is 5.10 Å². The highest BCUT2D eigenvalue weighted by Gasteiger charge is 2.17. The van der Waals surface area contributed by atoms with Crippen LogP contribution < -0.4 is 14.8 Å². The molecule has 2 heterocycles. The molecule has 0 aliphatic rings. The highest BCUT2D eigenvalue weighted by Crippen LogP contribution is 2.35. The summed E-state index contributed by atoms with van der Waals surface area (Å²) < 4.78 is 12.7. The van der Waals surface area contributed by atoms with Crippen molar-refractivity contribution in [3.05, 3.63) is 40.5 Å². The van der Waals surface area contributed by atoms with Crippen molar-refractivity contribution in [2.24, 2.45) is 5.92 Å². The molecule has 0 saturated heterocycles. The fraction of sp³-hybridized carbons (Fsp3) is 0.409. The lowest BCUT2D eigenvalue weighted by Crippen LogP contribution is -2.15. The number of aryl methyl sites for hydroxylation is 1. The maximum absolute atomic E-state index is 12.7. The molecule has 8 heteroatoms. The van der Waals surface area contributed by atoms with E-state index in [0.29, 0.717) is 22.5 Å². The van der Waals surface area contributed by atoms with E-state index in [0.717, 1.165) is 34.8 Å². The van der Waals surface area contributed by atoms with Gasteiger partial charge in [-0.3, -0.25) is 9.48 Å². The zero-order chi connectivity index (χ0) is 21.8. The molecule has 3 aromatic rings. The Kier molecular flexibility index (Phi) is 6.77. The maximum Gasteiger partial charge on any atom is 0.230 e. The van der Waals surface area contributed by atoms with Crippen LogP contribution in [0.5, 0.6) is 11.5 Å². The second-order valence-electron chi connectivity index (χ2n) is 7.55. The summed E-state index contributed by atoms with van der Waals surface area (Å²) in [5, 5.41) is 9.94. The predicted octanol–water partition coefficient (Wildman–Crippen LogP) is 4.48. The van der Waals surface area contributed by atoms with Gasteiger partial charge < -0.3 is 14.8 Å². The predicted molar refractivity (Wildman–Crippen MR) is 120 cm³/mol. The third-order valence-electron chi connectivity index (χ3n) is 4.84. The summed E-state index contributed by atoms with van der Waals surface area (Å²) in [6.07, 6.45) is 0.271. The summed E-state index contributed by atoms with van der Waals surface area (Å²) in [5.41, 5.74) is 4.44. The molecule has 0 radical (unpaired) electrons. The fourth-order valence-corrected chi connectivity index (χ4v) is 4.03. The number of benzene rings is 1. The summed E-state index contributed by atoms with van der Waals surface area (Å²) in [6, 6.07) is 5.54. The third-order valence-corrected chi connectivity index (χ3v) is 5.60. The van der Waals surface area contributed by atoms with E-state index in [1.807, 2.05) is 42.1 Å². The first-order valence-electron chi connectivity index (χ1n) is 9.83. The Morgan fingerprint density at radius 1 is 1.23 bits per heavy atom. The summed E-state index contributed by atoms with van der Waals surface area (Å²) in [4.78, 5) is 17.2.